The van der Waals surface area contributed by atoms with Gasteiger partial charge in [0, 0.05) is 56.6 Å². The summed E-state index contributed by atoms with van der Waals surface area (Å²) in [5.74, 6) is 0.593. The fraction of sp³-hybridized carbons (Fsp3) is 0.360. The molecular formula is C25H28ClFN6O2. The summed E-state index contributed by atoms with van der Waals surface area (Å²) in [7, 11) is 1.95. The summed E-state index contributed by atoms with van der Waals surface area (Å²) < 4.78 is 13.5. The number of halogens is 2. The Balaban J connectivity index is 1.63. The van der Waals surface area contributed by atoms with Crippen molar-refractivity contribution < 1.29 is 14.3 Å². The van der Waals surface area contributed by atoms with Gasteiger partial charge in [0.05, 0.1) is 16.3 Å². The van der Waals surface area contributed by atoms with Crippen LogP contribution in [0.4, 0.5) is 22.0 Å². The monoisotopic (exact) mass is 498 g/mol. The maximum atomic E-state index is 13.5. The number of rotatable bonds is 6. The zero-order chi connectivity index (χ0) is 25.3. The van der Waals surface area contributed by atoms with Crippen molar-refractivity contribution in [3.8, 4) is 11.3 Å². The standard InChI is InChI=1S/C25H28ClFN6O2/c1-15(2)31(4)25-29-21(17-5-7-19(27)8-6-17)12-22(30-25)33-10-9-32(14-16(33)3)23-20(26)11-18(13-28-23)24(34)35/h5-8,11-13,15-16H,9-10,14H2,1-4H3,(H,34,35)/t16-/m1/s1. The predicted octanol–water partition coefficient (Wildman–Crippen LogP) is 4.59. The van der Waals surface area contributed by atoms with Crippen LogP contribution in [0.5, 0.6) is 0 Å². The van der Waals surface area contributed by atoms with Crippen LogP contribution in [0.1, 0.15) is 31.1 Å². The number of carboxylic acids is 1. The average molecular weight is 499 g/mol. The van der Waals surface area contributed by atoms with Gasteiger partial charge in [-0.3, -0.25) is 0 Å². The first-order valence-corrected chi connectivity index (χ1v) is 11.8. The zero-order valence-electron chi connectivity index (χ0n) is 20.1. The molecule has 1 atom stereocenters. The van der Waals surface area contributed by atoms with E-state index in [-0.39, 0.29) is 23.5 Å². The number of pyridine rings is 1. The number of nitrogens with zero attached hydrogens (tertiary/aromatic N) is 6. The third kappa shape index (κ3) is 5.30. The molecule has 0 aliphatic carbocycles. The van der Waals surface area contributed by atoms with Crippen molar-refractivity contribution in [1.29, 1.82) is 0 Å². The maximum Gasteiger partial charge on any atom is 0.337 e. The Hall–Kier alpha value is -3.46. The Kier molecular flexibility index (Phi) is 7.07. The minimum atomic E-state index is -1.06. The van der Waals surface area contributed by atoms with E-state index in [0.717, 1.165) is 17.1 Å². The molecule has 0 spiro atoms. The molecule has 10 heteroatoms. The van der Waals surface area contributed by atoms with Crippen molar-refractivity contribution in [2.75, 3.05) is 41.4 Å². The fourth-order valence-corrected chi connectivity index (χ4v) is 4.28. The van der Waals surface area contributed by atoms with Gasteiger partial charge >= 0.3 is 5.97 Å². The van der Waals surface area contributed by atoms with E-state index in [0.29, 0.717) is 36.4 Å². The second-order valence-corrected chi connectivity index (χ2v) is 9.35. The maximum absolute atomic E-state index is 13.5. The molecule has 0 unspecified atom stereocenters. The molecule has 0 amide bonds. The summed E-state index contributed by atoms with van der Waals surface area (Å²) in [6, 6.07) is 9.91. The summed E-state index contributed by atoms with van der Waals surface area (Å²) in [5, 5.41) is 9.49. The molecule has 3 heterocycles. The number of benzene rings is 1. The molecule has 8 nitrogen and oxygen atoms in total. The highest BCUT2D eigenvalue weighted by atomic mass is 35.5. The minimum absolute atomic E-state index is 0.0570. The van der Waals surface area contributed by atoms with Crippen LogP contribution < -0.4 is 14.7 Å². The Bertz CT molecular complexity index is 1220. The number of aromatic carboxylic acids is 1. The van der Waals surface area contributed by atoms with Gasteiger partial charge in [-0.2, -0.15) is 4.98 Å². The normalized spacial score (nSPS) is 16.0. The topological polar surface area (TPSA) is 85.7 Å². The van der Waals surface area contributed by atoms with Crippen LogP contribution in [0.25, 0.3) is 11.3 Å². The molecule has 2 aromatic heterocycles. The Morgan fingerprint density at radius 3 is 2.51 bits per heavy atom. The van der Waals surface area contributed by atoms with Crippen molar-refractivity contribution in [1.82, 2.24) is 15.0 Å². The number of piperazine rings is 1. The lowest BCUT2D eigenvalue weighted by Crippen LogP contribution is -2.52. The molecule has 1 N–H and O–H groups in total. The lowest BCUT2D eigenvalue weighted by atomic mass is 10.1. The van der Waals surface area contributed by atoms with Gasteiger partial charge in [0.15, 0.2) is 0 Å². The summed E-state index contributed by atoms with van der Waals surface area (Å²) in [4.78, 5) is 31.4. The van der Waals surface area contributed by atoms with E-state index >= 15 is 0 Å². The molecule has 0 saturated carbocycles. The molecule has 1 aliphatic rings. The third-order valence-electron chi connectivity index (χ3n) is 6.22. The summed E-state index contributed by atoms with van der Waals surface area (Å²) in [6.07, 6.45) is 1.33. The lowest BCUT2D eigenvalue weighted by molar-refractivity contribution is 0.0696. The molecular weight excluding hydrogens is 471 g/mol. The van der Waals surface area contributed by atoms with E-state index < -0.39 is 5.97 Å². The average Bonchev–Trinajstić information content (AvgIpc) is 2.83. The summed E-state index contributed by atoms with van der Waals surface area (Å²) in [5.41, 5.74) is 1.59. The van der Waals surface area contributed by atoms with Crippen LogP contribution in [-0.2, 0) is 0 Å². The first kappa shape index (κ1) is 24.7. The molecule has 1 aromatic carbocycles. The first-order chi connectivity index (χ1) is 16.6. The number of carbonyl (C=O) groups is 1. The second-order valence-electron chi connectivity index (χ2n) is 8.95. The molecule has 0 bridgehead atoms. The number of anilines is 3. The molecule has 4 rings (SSSR count). The van der Waals surface area contributed by atoms with Crippen molar-refractivity contribution in [3.63, 3.8) is 0 Å². The van der Waals surface area contributed by atoms with E-state index in [4.69, 9.17) is 21.6 Å². The number of hydrogen-bond donors (Lipinski definition) is 1. The van der Waals surface area contributed by atoms with Gasteiger partial charge in [0.25, 0.3) is 0 Å². The number of hydrogen-bond acceptors (Lipinski definition) is 7. The van der Waals surface area contributed by atoms with E-state index in [1.54, 1.807) is 12.1 Å². The molecule has 184 valence electrons. The SMILES string of the molecule is CC(C)N(C)c1nc(-c2ccc(F)cc2)cc(N2CCN(c3ncc(C(=O)O)cc3Cl)C[C@H]2C)n1. The van der Waals surface area contributed by atoms with Crippen LogP contribution in [-0.4, -0.2) is 64.8 Å². The Morgan fingerprint density at radius 2 is 1.91 bits per heavy atom. The van der Waals surface area contributed by atoms with Crippen LogP contribution in [0, 0.1) is 5.82 Å². The van der Waals surface area contributed by atoms with Crippen molar-refractivity contribution in [2.45, 2.75) is 32.9 Å². The van der Waals surface area contributed by atoms with Gasteiger partial charge in [-0.25, -0.2) is 19.2 Å². The molecule has 1 aliphatic heterocycles. The number of carboxylic acid groups (broad SMARTS) is 1. The van der Waals surface area contributed by atoms with Gasteiger partial charge in [-0.1, -0.05) is 11.6 Å². The third-order valence-corrected chi connectivity index (χ3v) is 6.50. The van der Waals surface area contributed by atoms with Crippen molar-refractivity contribution >= 4 is 35.2 Å². The van der Waals surface area contributed by atoms with Gasteiger partial charge < -0.3 is 19.8 Å². The lowest BCUT2D eigenvalue weighted by Gasteiger charge is -2.41. The van der Waals surface area contributed by atoms with E-state index in [9.17, 15) is 14.3 Å². The van der Waals surface area contributed by atoms with Gasteiger partial charge in [0.1, 0.15) is 17.5 Å². The predicted molar refractivity (Wildman–Crippen MR) is 136 cm³/mol. The Morgan fingerprint density at radius 1 is 1.20 bits per heavy atom. The second kappa shape index (κ2) is 10.0. The van der Waals surface area contributed by atoms with E-state index in [1.165, 1.54) is 24.4 Å². The van der Waals surface area contributed by atoms with Crippen molar-refractivity contribution in [2.24, 2.45) is 0 Å². The van der Waals surface area contributed by atoms with Crippen molar-refractivity contribution in [3.05, 3.63) is 59.0 Å². The van der Waals surface area contributed by atoms with Crippen LogP contribution >= 0.6 is 11.6 Å². The highest BCUT2D eigenvalue weighted by molar-refractivity contribution is 6.33. The number of aromatic nitrogens is 3. The van der Waals surface area contributed by atoms with Crippen LogP contribution in [0.2, 0.25) is 5.02 Å². The van der Waals surface area contributed by atoms with Crippen LogP contribution in [0.15, 0.2) is 42.6 Å². The smallest absolute Gasteiger partial charge is 0.337 e. The minimum Gasteiger partial charge on any atom is -0.478 e. The molecule has 0 radical (unpaired) electrons. The highest BCUT2D eigenvalue weighted by Gasteiger charge is 2.28. The Labute approximate surface area is 209 Å². The molecule has 1 fully saturated rings. The van der Waals surface area contributed by atoms with Gasteiger partial charge in [0.2, 0.25) is 5.95 Å². The molecule has 3 aromatic rings. The molecule has 35 heavy (non-hydrogen) atoms. The summed E-state index contributed by atoms with van der Waals surface area (Å²) in [6.45, 7) is 8.16. The van der Waals surface area contributed by atoms with Gasteiger partial charge in [-0.15, -0.1) is 0 Å². The largest absolute Gasteiger partial charge is 0.478 e. The first-order valence-electron chi connectivity index (χ1n) is 11.4. The fourth-order valence-electron chi connectivity index (χ4n) is 4.00. The highest BCUT2D eigenvalue weighted by Crippen LogP contribution is 2.30. The van der Waals surface area contributed by atoms with E-state index in [1.807, 2.05) is 18.0 Å². The quantitative estimate of drug-likeness (QED) is 0.528. The van der Waals surface area contributed by atoms with Crippen LogP contribution in [0.3, 0.4) is 0 Å². The summed E-state index contributed by atoms with van der Waals surface area (Å²) >= 11 is 6.36. The van der Waals surface area contributed by atoms with E-state index in [2.05, 4.69) is 35.6 Å². The zero-order valence-corrected chi connectivity index (χ0v) is 20.9. The van der Waals surface area contributed by atoms with Gasteiger partial charge in [-0.05, 0) is 51.1 Å². The molecule has 1 saturated heterocycles.